The topological polar surface area (TPSA) is 67.9 Å². The maximum atomic E-state index is 6.03. The molecule has 0 aliphatic rings. The smallest absolute Gasteiger partial charge is 0.208 e. The molecule has 1 aromatic carbocycles. The fourth-order valence-electron chi connectivity index (χ4n) is 1.95. The van der Waals surface area contributed by atoms with Gasteiger partial charge in [0, 0.05) is 47.3 Å². The molecule has 0 bridgehead atoms. The highest BCUT2D eigenvalue weighted by atomic mass is 32.2. The zero-order valence-electron chi connectivity index (χ0n) is 12.0. The molecule has 0 amide bonds. The summed E-state index contributed by atoms with van der Waals surface area (Å²) in [5.74, 6) is 0. The normalized spacial score (nSPS) is 11.0. The van der Waals surface area contributed by atoms with Gasteiger partial charge in [0.2, 0.25) is 5.13 Å². The van der Waals surface area contributed by atoms with Crippen molar-refractivity contribution in [1.82, 2.24) is 15.2 Å². The number of aromatic nitrogens is 3. The van der Waals surface area contributed by atoms with Crippen molar-refractivity contribution in [3.05, 3.63) is 30.1 Å². The summed E-state index contributed by atoms with van der Waals surface area (Å²) in [5.41, 5.74) is 7.75. The Morgan fingerprint density at radius 2 is 2.00 bits per heavy atom. The Labute approximate surface area is 131 Å². The fraction of sp³-hybridized carbons (Fsp3) is 0.214. The minimum Gasteiger partial charge on any atom is -0.398 e. The molecule has 0 atom stereocenters. The Morgan fingerprint density at radius 3 is 2.71 bits per heavy atom. The molecular weight excluding hydrogens is 302 g/mol. The van der Waals surface area contributed by atoms with Gasteiger partial charge in [-0.3, -0.25) is 4.98 Å². The van der Waals surface area contributed by atoms with E-state index in [-0.39, 0.29) is 0 Å². The second-order valence-corrected chi connectivity index (χ2v) is 7.12. The molecule has 0 radical (unpaired) electrons. The van der Waals surface area contributed by atoms with Crippen molar-refractivity contribution in [3.63, 3.8) is 0 Å². The van der Waals surface area contributed by atoms with E-state index in [0.29, 0.717) is 0 Å². The molecule has 0 saturated carbocycles. The van der Waals surface area contributed by atoms with E-state index in [1.54, 1.807) is 23.1 Å². The Morgan fingerprint density at radius 1 is 1.19 bits per heavy atom. The van der Waals surface area contributed by atoms with E-state index >= 15 is 0 Å². The van der Waals surface area contributed by atoms with Crippen molar-refractivity contribution < 1.29 is 0 Å². The number of rotatable bonds is 3. The van der Waals surface area contributed by atoms with E-state index in [1.165, 1.54) is 0 Å². The Hall–Kier alpha value is -1.86. The summed E-state index contributed by atoms with van der Waals surface area (Å²) in [4.78, 5) is 7.39. The van der Waals surface area contributed by atoms with Gasteiger partial charge in [-0.2, -0.15) is 0 Å². The number of aryl methyl sites for hydroxylation is 1. The van der Waals surface area contributed by atoms with Crippen LogP contribution in [-0.4, -0.2) is 29.3 Å². The van der Waals surface area contributed by atoms with Crippen LogP contribution in [0.15, 0.2) is 33.6 Å². The van der Waals surface area contributed by atoms with E-state index in [1.807, 2.05) is 44.2 Å². The molecule has 0 fully saturated rings. The first-order chi connectivity index (χ1) is 10.0. The van der Waals surface area contributed by atoms with Crippen molar-refractivity contribution in [1.29, 1.82) is 0 Å². The number of hydrogen-bond acceptors (Lipinski definition) is 7. The number of nitrogens with two attached hydrogens (primary N) is 1. The highest BCUT2D eigenvalue weighted by Crippen LogP contribution is 2.38. The number of benzene rings is 1. The Balaban J connectivity index is 2.03. The van der Waals surface area contributed by atoms with Crippen LogP contribution in [0.2, 0.25) is 0 Å². The van der Waals surface area contributed by atoms with E-state index < -0.39 is 0 Å². The van der Waals surface area contributed by atoms with Crippen molar-refractivity contribution in [2.45, 2.75) is 16.2 Å². The number of fused-ring (bicyclic) bond motifs is 1. The number of anilines is 2. The van der Waals surface area contributed by atoms with Crippen LogP contribution < -0.4 is 10.6 Å². The van der Waals surface area contributed by atoms with Crippen LogP contribution in [0.25, 0.3) is 10.8 Å². The summed E-state index contributed by atoms with van der Waals surface area (Å²) < 4.78 is 0.916. The van der Waals surface area contributed by atoms with Crippen LogP contribution in [0.3, 0.4) is 0 Å². The lowest BCUT2D eigenvalue weighted by atomic mass is 10.1. The number of pyridine rings is 1. The van der Waals surface area contributed by atoms with E-state index in [0.717, 1.165) is 36.5 Å². The standard InChI is InChI=1S/C14H15N5S2/c1-8-6-9-10(7-16-8)11(15)4-5-12(9)20-14-18-17-13(21-14)19(2)3/h4-7H,15H2,1-3H3. The molecule has 7 heteroatoms. The minimum absolute atomic E-state index is 0.744. The molecule has 0 unspecified atom stereocenters. The van der Waals surface area contributed by atoms with E-state index in [2.05, 4.69) is 21.2 Å². The molecule has 0 aliphatic carbocycles. The van der Waals surface area contributed by atoms with Crippen LogP contribution in [0.4, 0.5) is 10.8 Å². The molecule has 0 saturated heterocycles. The van der Waals surface area contributed by atoms with Crippen molar-refractivity contribution >= 4 is 44.7 Å². The SMILES string of the molecule is Cc1cc2c(Sc3nnc(N(C)C)s3)ccc(N)c2cn1. The lowest BCUT2D eigenvalue weighted by molar-refractivity contribution is 0.973. The third kappa shape index (κ3) is 2.79. The first kappa shape index (κ1) is 14.1. The zero-order valence-corrected chi connectivity index (χ0v) is 13.6. The summed E-state index contributed by atoms with van der Waals surface area (Å²) in [5, 5.41) is 11.4. The molecule has 21 heavy (non-hydrogen) atoms. The van der Waals surface area contributed by atoms with Gasteiger partial charge in [-0.15, -0.1) is 10.2 Å². The molecule has 2 N–H and O–H groups in total. The van der Waals surface area contributed by atoms with Gasteiger partial charge in [0.25, 0.3) is 0 Å². The van der Waals surface area contributed by atoms with E-state index in [4.69, 9.17) is 5.73 Å². The number of nitrogens with zero attached hydrogens (tertiary/aromatic N) is 4. The summed E-state index contributed by atoms with van der Waals surface area (Å²) in [6, 6.07) is 6.00. The minimum atomic E-state index is 0.744. The summed E-state index contributed by atoms with van der Waals surface area (Å²) in [6.45, 7) is 1.98. The molecule has 2 aromatic heterocycles. The zero-order chi connectivity index (χ0) is 15.0. The van der Waals surface area contributed by atoms with Gasteiger partial charge in [-0.25, -0.2) is 0 Å². The van der Waals surface area contributed by atoms with Gasteiger partial charge in [0.15, 0.2) is 4.34 Å². The quantitative estimate of drug-likeness (QED) is 0.748. The first-order valence-corrected chi connectivity index (χ1v) is 8.01. The predicted molar refractivity (Wildman–Crippen MR) is 89.3 cm³/mol. The largest absolute Gasteiger partial charge is 0.398 e. The van der Waals surface area contributed by atoms with Gasteiger partial charge in [0.05, 0.1) is 0 Å². The molecule has 3 aromatic rings. The van der Waals surface area contributed by atoms with Crippen LogP contribution in [0.5, 0.6) is 0 Å². The molecule has 0 spiro atoms. The van der Waals surface area contributed by atoms with Gasteiger partial charge < -0.3 is 10.6 Å². The second kappa shape index (κ2) is 5.50. The highest BCUT2D eigenvalue weighted by Gasteiger charge is 2.11. The molecule has 0 aliphatic heterocycles. The van der Waals surface area contributed by atoms with Crippen LogP contribution in [-0.2, 0) is 0 Å². The van der Waals surface area contributed by atoms with Gasteiger partial charge in [0.1, 0.15) is 0 Å². The lowest BCUT2D eigenvalue weighted by Gasteiger charge is -2.07. The maximum absolute atomic E-state index is 6.03. The summed E-state index contributed by atoms with van der Waals surface area (Å²) in [6.07, 6.45) is 1.83. The second-order valence-electron chi connectivity index (χ2n) is 4.87. The molecule has 3 rings (SSSR count). The Kier molecular flexibility index (Phi) is 3.69. The molecule has 108 valence electrons. The number of hydrogen-bond donors (Lipinski definition) is 1. The molecule has 2 heterocycles. The maximum Gasteiger partial charge on any atom is 0.208 e. The van der Waals surface area contributed by atoms with Gasteiger partial charge >= 0.3 is 0 Å². The fourth-order valence-corrected chi connectivity index (χ4v) is 3.79. The van der Waals surface area contributed by atoms with Crippen LogP contribution in [0, 0.1) is 6.92 Å². The average Bonchev–Trinajstić information content (AvgIpc) is 2.91. The van der Waals surface area contributed by atoms with E-state index in [9.17, 15) is 0 Å². The van der Waals surface area contributed by atoms with Crippen LogP contribution >= 0.6 is 23.1 Å². The monoisotopic (exact) mass is 317 g/mol. The average molecular weight is 317 g/mol. The van der Waals surface area contributed by atoms with Crippen LogP contribution in [0.1, 0.15) is 5.69 Å². The summed E-state index contributed by atoms with van der Waals surface area (Å²) in [7, 11) is 3.92. The first-order valence-electron chi connectivity index (χ1n) is 6.38. The predicted octanol–water partition coefficient (Wildman–Crippen LogP) is 3.19. The highest BCUT2D eigenvalue weighted by molar-refractivity contribution is 8.01. The van der Waals surface area contributed by atoms with Crippen molar-refractivity contribution in [2.24, 2.45) is 0 Å². The van der Waals surface area contributed by atoms with Gasteiger partial charge in [-0.05, 0) is 25.1 Å². The molecular formula is C14H15N5S2. The Bertz CT molecular complexity index is 797. The third-order valence-corrected chi connectivity index (χ3v) is 5.22. The lowest BCUT2D eigenvalue weighted by Crippen LogP contribution is -2.07. The summed E-state index contributed by atoms with van der Waals surface area (Å²) >= 11 is 3.18. The van der Waals surface area contributed by atoms with Gasteiger partial charge in [-0.1, -0.05) is 23.1 Å². The van der Waals surface area contributed by atoms with Crippen molar-refractivity contribution in [2.75, 3.05) is 24.7 Å². The van der Waals surface area contributed by atoms with Crippen molar-refractivity contribution in [3.8, 4) is 0 Å². The number of nitrogen functional groups attached to an aromatic ring is 1. The molecule has 5 nitrogen and oxygen atoms in total. The third-order valence-electron chi connectivity index (χ3n) is 3.01.